The number of rotatable bonds is 11. The summed E-state index contributed by atoms with van der Waals surface area (Å²) >= 11 is 6.22. The Morgan fingerprint density at radius 3 is 2.34 bits per heavy atom. The number of benzene rings is 3. The van der Waals surface area contributed by atoms with Gasteiger partial charge in [0, 0.05) is 24.0 Å². The van der Waals surface area contributed by atoms with E-state index in [2.05, 4.69) is 5.32 Å². The molecule has 6 heteroatoms. The molecule has 2 atom stereocenters. The van der Waals surface area contributed by atoms with Crippen LogP contribution < -0.4 is 10.1 Å². The number of nitrogens with one attached hydrogen (secondary N) is 1. The Kier molecular flexibility index (Phi) is 9.74. The third-order valence-electron chi connectivity index (χ3n) is 5.96. The quantitative estimate of drug-likeness (QED) is 0.380. The number of hydrogen-bond donors (Lipinski definition) is 1. The molecular formula is C29H33ClN2O3. The molecule has 0 bridgehead atoms. The third kappa shape index (κ3) is 7.86. The second-order valence-electron chi connectivity index (χ2n) is 8.73. The number of carbonyl (C=O) groups excluding carboxylic acids is 2. The maximum absolute atomic E-state index is 13.6. The second kappa shape index (κ2) is 13.0. The summed E-state index contributed by atoms with van der Waals surface area (Å²) < 4.78 is 5.87. The minimum absolute atomic E-state index is 0.00730. The van der Waals surface area contributed by atoms with Crippen LogP contribution in [0.3, 0.4) is 0 Å². The van der Waals surface area contributed by atoms with Gasteiger partial charge in [-0.2, -0.15) is 0 Å². The lowest BCUT2D eigenvalue weighted by Crippen LogP contribution is -2.53. The summed E-state index contributed by atoms with van der Waals surface area (Å²) in [6.45, 7) is 5.97. The first kappa shape index (κ1) is 26.3. The van der Waals surface area contributed by atoms with Crippen molar-refractivity contribution in [3.8, 4) is 5.75 Å². The van der Waals surface area contributed by atoms with E-state index in [1.54, 1.807) is 11.0 Å². The molecule has 0 radical (unpaired) electrons. The van der Waals surface area contributed by atoms with Crippen molar-refractivity contribution in [2.75, 3.05) is 6.61 Å². The number of nitrogens with zero attached hydrogens (tertiary/aromatic N) is 1. The van der Waals surface area contributed by atoms with Gasteiger partial charge in [-0.15, -0.1) is 0 Å². The van der Waals surface area contributed by atoms with Crippen LogP contribution in [0, 0.1) is 6.92 Å². The SMILES string of the molecule is CCC(C)NC(=O)C(Cc1ccccc1)N(Cc1cccc(Cl)c1)C(=O)COc1ccccc1C. The van der Waals surface area contributed by atoms with Crippen LogP contribution in [0.5, 0.6) is 5.75 Å². The topological polar surface area (TPSA) is 58.6 Å². The predicted molar refractivity (Wildman–Crippen MR) is 141 cm³/mol. The summed E-state index contributed by atoms with van der Waals surface area (Å²) in [4.78, 5) is 28.7. The van der Waals surface area contributed by atoms with Crippen molar-refractivity contribution in [1.82, 2.24) is 10.2 Å². The molecule has 0 spiro atoms. The number of halogens is 1. The van der Waals surface area contributed by atoms with Gasteiger partial charge in [-0.25, -0.2) is 0 Å². The minimum Gasteiger partial charge on any atom is -0.484 e. The van der Waals surface area contributed by atoms with E-state index in [1.165, 1.54) is 0 Å². The molecule has 3 aromatic rings. The smallest absolute Gasteiger partial charge is 0.261 e. The zero-order chi connectivity index (χ0) is 25.2. The van der Waals surface area contributed by atoms with E-state index in [1.807, 2.05) is 93.6 Å². The van der Waals surface area contributed by atoms with Gasteiger partial charge >= 0.3 is 0 Å². The fourth-order valence-electron chi connectivity index (χ4n) is 3.77. The van der Waals surface area contributed by atoms with Crippen LogP contribution in [0.15, 0.2) is 78.9 Å². The first-order valence-electron chi connectivity index (χ1n) is 11.9. The Morgan fingerprint density at radius 2 is 1.66 bits per heavy atom. The van der Waals surface area contributed by atoms with Crippen LogP contribution in [-0.2, 0) is 22.6 Å². The van der Waals surface area contributed by atoms with Crippen LogP contribution in [0.1, 0.15) is 37.0 Å². The Bertz CT molecular complexity index is 1120. The van der Waals surface area contributed by atoms with E-state index in [0.29, 0.717) is 17.2 Å². The summed E-state index contributed by atoms with van der Waals surface area (Å²) in [7, 11) is 0. The van der Waals surface area contributed by atoms with Crippen molar-refractivity contribution < 1.29 is 14.3 Å². The lowest BCUT2D eigenvalue weighted by molar-refractivity contribution is -0.143. The molecule has 35 heavy (non-hydrogen) atoms. The van der Waals surface area contributed by atoms with Gasteiger partial charge in [0.25, 0.3) is 5.91 Å². The molecule has 0 heterocycles. The van der Waals surface area contributed by atoms with E-state index in [0.717, 1.165) is 23.1 Å². The zero-order valence-electron chi connectivity index (χ0n) is 20.5. The number of aryl methyl sites for hydroxylation is 1. The highest BCUT2D eigenvalue weighted by molar-refractivity contribution is 6.30. The molecule has 5 nitrogen and oxygen atoms in total. The lowest BCUT2D eigenvalue weighted by Gasteiger charge is -2.32. The second-order valence-corrected chi connectivity index (χ2v) is 9.17. The summed E-state index contributed by atoms with van der Waals surface area (Å²) in [5, 5.41) is 3.64. The molecule has 2 unspecified atom stereocenters. The van der Waals surface area contributed by atoms with E-state index in [9.17, 15) is 9.59 Å². The molecule has 0 fully saturated rings. The molecule has 3 rings (SSSR count). The van der Waals surface area contributed by atoms with E-state index < -0.39 is 6.04 Å². The van der Waals surface area contributed by atoms with Crippen LogP contribution in [-0.4, -0.2) is 35.4 Å². The highest BCUT2D eigenvalue weighted by Crippen LogP contribution is 2.20. The molecule has 1 N–H and O–H groups in total. The van der Waals surface area contributed by atoms with Crippen LogP contribution in [0.2, 0.25) is 5.02 Å². The zero-order valence-corrected chi connectivity index (χ0v) is 21.3. The van der Waals surface area contributed by atoms with Crippen LogP contribution >= 0.6 is 11.6 Å². The normalized spacial score (nSPS) is 12.5. The lowest BCUT2D eigenvalue weighted by atomic mass is 10.0. The average molecular weight is 493 g/mol. The van der Waals surface area contributed by atoms with Crippen molar-refractivity contribution in [3.05, 3.63) is 101 Å². The average Bonchev–Trinajstić information content (AvgIpc) is 2.86. The molecule has 0 saturated heterocycles. The van der Waals surface area contributed by atoms with Crippen molar-refractivity contribution in [2.24, 2.45) is 0 Å². The van der Waals surface area contributed by atoms with Gasteiger partial charge < -0.3 is 15.0 Å². The molecule has 0 aliphatic carbocycles. The Labute approximate surface area is 213 Å². The maximum atomic E-state index is 13.6. The molecule has 2 amide bonds. The van der Waals surface area contributed by atoms with Crippen LogP contribution in [0.25, 0.3) is 0 Å². The largest absolute Gasteiger partial charge is 0.484 e. The summed E-state index contributed by atoms with van der Waals surface area (Å²) in [5.74, 6) is 0.190. The van der Waals surface area contributed by atoms with Crippen molar-refractivity contribution in [1.29, 1.82) is 0 Å². The van der Waals surface area contributed by atoms with E-state index in [-0.39, 0.29) is 31.0 Å². The monoisotopic (exact) mass is 492 g/mol. The van der Waals surface area contributed by atoms with Gasteiger partial charge in [0.15, 0.2) is 6.61 Å². The predicted octanol–water partition coefficient (Wildman–Crippen LogP) is 5.58. The van der Waals surface area contributed by atoms with Gasteiger partial charge in [-0.1, -0.05) is 79.2 Å². The molecule has 0 aliphatic heterocycles. The maximum Gasteiger partial charge on any atom is 0.261 e. The highest BCUT2D eigenvalue weighted by atomic mass is 35.5. The summed E-state index contributed by atoms with van der Waals surface area (Å²) in [5.41, 5.74) is 2.76. The van der Waals surface area contributed by atoms with Crippen LogP contribution in [0.4, 0.5) is 0 Å². The molecular weight excluding hydrogens is 460 g/mol. The third-order valence-corrected chi connectivity index (χ3v) is 6.19. The first-order chi connectivity index (χ1) is 16.9. The molecule has 3 aromatic carbocycles. The highest BCUT2D eigenvalue weighted by Gasteiger charge is 2.31. The van der Waals surface area contributed by atoms with Gasteiger partial charge in [0.05, 0.1) is 0 Å². The number of amides is 2. The number of carbonyl (C=O) groups is 2. The fourth-order valence-corrected chi connectivity index (χ4v) is 3.98. The van der Waals surface area contributed by atoms with Gasteiger partial charge in [0.2, 0.25) is 5.91 Å². The first-order valence-corrected chi connectivity index (χ1v) is 12.3. The number of hydrogen-bond acceptors (Lipinski definition) is 3. The van der Waals surface area contributed by atoms with E-state index >= 15 is 0 Å². The van der Waals surface area contributed by atoms with Gasteiger partial charge in [-0.3, -0.25) is 9.59 Å². The molecule has 0 aliphatic rings. The molecule has 0 saturated carbocycles. The fraction of sp³-hybridized carbons (Fsp3) is 0.310. The summed E-state index contributed by atoms with van der Waals surface area (Å²) in [6.07, 6.45) is 1.18. The molecule has 0 aromatic heterocycles. The Balaban J connectivity index is 1.92. The minimum atomic E-state index is -0.710. The van der Waals surface area contributed by atoms with E-state index in [4.69, 9.17) is 16.3 Å². The summed E-state index contributed by atoms with van der Waals surface area (Å²) in [6, 6.07) is 23.9. The number of para-hydroxylation sites is 1. The standard InChI is InChI=1S/C29H33ClN2O3/c1-4-22(3)31-29(34)26(18-23-12-6-5-7-13-23)32(19-24-14-10-15-25(30)17-24)28(33)20-35-27-16-9-8-11-21(27)2/h5-17,22,26H,4,18-20H2,1-3H3,(H,31,34). The Morgan fingerprint density at radius 1 is 0.971 bits per heavy atom. The van der Waals surface area contributed by atoms with Gasteiger partial charge in [0.1, 0.15) is 11.8 Å². The van der Waals surface area contributed by atoms with Crippen molar-refractivity contribution in [2.45, 2.75) is 52.2 Å². The number of ether oxygens (including phenoxy) is 1. The molecule has 184 valence electrons. The van der Waals surface area contributed by atoms with Gasteiger partial charge in [-0.05, 0) is 55.2 Å². The van der Waals surface area contributed by atoms with Crippen molar-refractivity contribution >= 4 is 23.4 Å². The Hall–Kier alpha value is -3.31. The van der Waals surface area contributed by atoms with Crippen molar-refractivity contribution in [3.63, 3.8) is 0 Å².